The third-order valence-corrected chi connectivity index (χ3v) is 1.80. The summed E-state index contributed by atoms with van der Waals surface area (Å²) in [6.07, 6.45) is 1.07. The average Bonchev–Trinajstić information content (AvgIpc) is 2.14. The molecule has 1 aliphatic heterocycles. The molecule has 1 atom stereocenters. The second-order valence-electron chi connectivity index (χ2n) is 2.71. The summed E-state index contributed by atoms with van der Waals surface area (Å²) < 4.78 is 0. The lowest BCUT2D eigenvalue weighted by atomic mass is 10.1. The van der Waals surface area contributed by atoms with Crippen molar-refractivity contribution in [2.24, 2.45) is 5.92 Å². The molecule has 1 unspecified atom stereocenters. The molecule has 10 heavy (non-hydrogen) atoms. The molecule has 0 aromatic carbocycles. The van der Waals surface area contributed by atoms with Crippen molar-refractivity contribution in [3.63, 3.8) is 0 Å². The van der Waals surface area contributed by atoms with Crippen molar-refractivity contribution in [2.75, 3.05) is 13.6 Å². The van der Waals surface area contributed by atoms with E-state index in [0.717, 1.165) is 6.54 Å². The van der Waals surface area contributed by atoms with Gasteiger partial charge >= 0.3 is 0 Å². The van der Waals surface area contributed by atoms with Gasteiger partial charge in [-0.2, -0.15) is 5.26 Å². The number of hydrogen-bond donors (Lipinski definition) is 0. The Morgan fingerprint density at radius 1 is 1.90 bits per heavy atom. The third-order valence-electron chi connectivity index (χ3n) is 1.80. The first-order valence-corrected chi connectivity index (χ1v) is 3.35. The van der Waals surface area contributed by atoms with Gasteiger partial charge in [0.25, 0.3) is 0 Å². The second kappa shape index (κ2) is 2.70. The molecule has 0 saturated carbocycles. The van der Waals surface area contributed by atoms with Crippen LogP contribution in [0, 0.1) is 17.2 Å². The fourth-order valence-corrected chi connectivity index (χ4v) is 1.22. The van der Waals surface area contributed by atoms with Crippen molar-refractivity contribution in [2.45, 2.75) is 12.8 Å². The molecular formula is C7H10N2O. The van der Waals surface area contributed by atoms with E-state index in [4.69, 9.17) is 5.26 Å². The van der Waals surface area contributed by atoms with Crippen LogP contribution in [0.3, 0.4) is 0 Å². The number of nitrogens with zero attached hydrogens (tertiary/aromatic N) is 2. The zero-order valence-corrected chi connectivity index (χ0v) is 6.00. The molecule has 1 amide bonds. The molecule has 1 fully saturated rings. The highest BCUT2D eigenvalue weighted by Gasteiger charge is 2.25. The van der Waals surface area contributed by atoms with Gasteiger partial charge in [0.15, 0.2) is 0 Å². The van der Waals surface area contributed by atoms with Crippen LogP contribution < -0.4 is 0 Å². The fraction of sp³-hybridized carbons (Fsp3) is 0.714. The quantitative estimate of drug-likeness (QED) is 0.525. The number of nitriles is 1. The van der Waals surface area contributed by atoms with E-state index >= 15 is 0 Å². The van der Waals surface area contributed by atoms with E-state index in [1.54, 1.807) is 11.9 Å². The van der Waals surface area contributed by atoms with Gasteiger partial charge in [-0.1, -0.05) is 0 Å². The topological polar surface area (TPSA) is 44.1 Å². The summed E-state index contributed by atoms with van der Waals surface area (Å²) in [5.41, 5.74) is 0. The smallest absolute Gasteiger partial charge is 0.222 e. The van der Waals surface area contributed by atoms with E-state index in [1.807, 2.05) is 0 Å². The Balaban J connectivity index is 2.43. The van der Waals surface area contributed by atoms with E-state index in [1.165, 1.54) is 0 Å². The van der Waals surface area contributed by atoms with Gasteiger partial charge in [-0.25, -0.2) is 0 Å². The van der Waals surface area contributed by atoms with Crippen molar-refractivity contribution in [1.82, 2.24) is 4.90 Å². The molecule has 0 radical (unpaired) electrons. The Labute approximate surface area is 60.2 Å². The van der Waals surface area contributed by atoms with Crippen LogP contribution in [-0.4, -0.2) is 24.4 Å². The molecular weight excluding hydrogens is 128 g/mol. The minimum Gasteiger partial charge on any atom is -0.345 e. The largest absolute Gasteiger partial charge is 0.345 e. The molecule has 1 heterocycles. The fourth-order valence-electron chi connectivity index (χ4n) is 1.22. The highest BCUT2D eigenvalue weighted by Crippen LogP contribution is 2.18. The Morgan fingerprint density at radius 2 is 2.60 bits per heavy atom. The molecule has 0 N–H and O–H groups in total. The summed E-state index contributed by atoms with van der Waals surface area (Å²) in [4.78, 5) is 12.6. The average molecular weight is 138 g/mol. The molecule has 1 saturated heterocycles. The third kappa shape index (κ3) is 1.27. The summed E-state index contributed by atoms with van der Waals surface area (Å²) in [5.74, 6) is 0.447. The van der Waals surface area contributed by atoms with E-state index < -0.39 is 0 Å². The first-order chi connectivity index (χ1) is 4.74. The molecule has 0 spiro atoms. The van der Waals surface area contributed by atoms with Crippen molar-refractivity contribution in [3.8, 4) is 6.07 Å². The number of hydrogen-bond acceptors (Lipinski definition) is 2. The van der Waals surface area contributed by atoms with Crippen LogP contribution in [-0.2, 0) is 4.79 Å². The van der Waals surface area contributed by atoms with Gasteiger partial charge in [-0.3, -0.25) is 4.79 Å². The number of amides is 1. The van der Waals surface area contributed by atoms with Gasteiger partial charge < -0.3 is 4.90 Å². The van der Waals surface area contributed by atoms with E-state index in [2.05, 4.69) is 6.07 Å². The summed E-state index contributed by atoms with van der Waals surface area (Å²) >= 11 is 0. The minimum absolute atomic E-state index is 0.167. The molecule has 0 bridgehead atoms. The lowest BCUT2D eigenvalue weighted by Crippen LogP contribution is -2.18. The lowest BCUT2D eigenvalue weighted by Gasteiger charge is -2.06. The zero-order chi connectivity index (χ0) is 7.56. The first kappa shape index (κ1) is 7.07. The zero-order valence-electron chi connectivity index (χ0n) is 6.00. The van der Waals surface area contributed by atoms with Gasteiger partial charge in [0.2, 0.25) is 5.91 Å². The molecule has 54 valence electrons. The van der Waals surface area contributed by atoms with Crippen molar-refractivity contribution in [3.05, 3.63) is 0 Å². The Bertz CT molecular complexity index is 183. The van der Waals surface area contributed by atoms with Crippen LogP contribution in [0.5, 0.6) is 0 Å². The van der Waals surface area contributed by atoms with Crippen LogP contribution in [0.1, 0.15) is 12.8 Å². The van der Waals surface area contributed by atoms with E-state index in [0.29, 0.717) is 12.8 Å². The van der Waals surface area contributed by atoms with Crippen LogP contribution in [0.4, 0.5) is 0 Å². The highest BCUT2D eigenvalue weighted by molar-refractivity contribution is 5.78. The predicted molar refractivity (Wildman–Crippen MR) is 36.0 cm³/mol. The summed E-state index contributed by atoms with van der Waals surface area (Å²) in [5, 5.41) is 8.32. The number of carbonyl (C=O) groups excluding carboxylic acids is 1. The number of likely N-dealkylation sites (tertiary alicyclic amines) is 1. The summed E-state index contributed by atoms with van der Waals surface area (Å²) in [6.45, 7) is 0.756. The molecule has 0 aromatic rings. The van der Waals surface area contributed by atoms with Gasteiger partial charge in [0, 0.05) is 26.4 Å². The molecule has 0 aliphatic carbocycles. The Hall–Kier alpha value is -1.04. The molecule has 3 nitrogen and oxygen atoms in total. The number of rotatable bonds is 1. The summed E-state index contributed by atoms with van der Waals surface area (Å²) in [7, 11) is 1.78. The van der Waals surface area contributed by atoms with E-state index in [-0.39, 0.29) is 11.8 Å². The maximum absolute atomic E-state index is 10.9. The van der Waals surface area contributed by atoms with Crippen molar-refractivity contribution in [1.29, 1.82) is 5.26 Å². The molecule has 1 rings (SSSR count). The lowest BCUT2D eigenvalue weighted by molar-refractivity contribution is -0.126. The van der Waals surface area contributed by atoms with Crippen molar-refractivity contribution < 1.29 is 4.79 Å². The monoisotopic (exact) mass is 138 g/mol. The van der Waals surface area contributed by atoms with Gasteiger partial charge in [0.05, 0.1) is 6.07 Å². The van der Waals surface area contributed by atoms with Gasteiger partial charge in [-0.05, 0) is 5.92 Å². The van der Waals surface area contributed by atoms with Crippen LogP contribution in [0.2, 0.25) is 0 Å². The maximum atomic E-state index is 10.9. The standard InChI is InChI=1S/C7H10N2O/c1-9-5-6(2-3-8)4-7(9)10/h6H,2,4-5H2,1H3. The van der Waals surface area contributed by atoms with Crippen molar-refractivity contribution >= 4 is 5.91 Å². The Morgan fingerprint density at radius 3 is 3.00 bits per heavy atom. The number of carbonyl (C=O) groups is 1. The van der Waals surface area contributed by atoms with Gasteiger partial charge in [-0.15, -0.1) is 0 Å². The first-order valence-electron chi connectivity index (χ1n) is 3.35. The SMILES string of the molecule is CN1CC(CC#N)CC1=O. The molecule has 0 aromatic heterocycles. The second-order valence-corrected chi connectivity index (χ2v) is 2.71. The maximum Gasteiger partial charge on any atom is 0.222 e. The van der Waals surface area contributed by atoms with Crippen LogP contribution >= 0.6 is 0 Å². The van der Waals surface area contributed by atoms with Gasteiger partial charge in [0.1, 0.15) is 0 Å². The van der Waals surface area contributed by atoms with E-state index in [9.17, 15) is 4.79 Å². The highest BCUT2D eigenvalue weighted by atomic mass is 16.2. The molecule has 1 aliphatic rings. The molecule has 3 heteroatoms. The predicted octanol–water partition coefficient (Wildman–Crippen LogP) is 0.378. The minimum atomic E-state index is 0.167. The normalized spacial score (nSPS) is 25.0. The summed E-state index contributed by atoms with van der Waals surface area (Å²) in [6, 6.07) is 2.07. The van der Waals surface area contributed by atoms with Crippen LogP contribution in [0.15, 0.2) is 0 Å². The Kier molecular flexibility index (Phi) is 1.91. The van der Waals surface area contributed by atoms with Crippen LogP contribution in [0.25, 0.3) is 0 Å².